The van der Waals surface area contributed by atoms with Crippen molar-refractivity contribution in [2.24, 2.45) is 5.10 Å². The van der Waals surface area contributed by atoms with Gasteiger partial charge in [0.15, 0.2) is 0 Å². The van der Waals surface area contributed by atoms with Crippen molar-refractivity contribution in [1.82, 2.24) is 14.6 Å². The molecule has 1 aliphatic rings. The summed E-state index contributed by atoms with van der Waals surface area (Å²) in [4.78, 5) is 30.6. The number of furan rings is 1. The van der Waals surface area contributed by atoms with Gasteiger partial charge < -0.3 is 9.15 Å². The van der Waals surface area contributed by atoms with E-state index in [0.29, 0.717) is 22.7 Å². The monoisotopic (exact) mass is 496 g/mol. The number of hydrogen-bond acceptors (Lipinski definition) is 6. The lowest BCUT2D eigenvalue weighted by Gasteiger charge is -2.20. The Balaban J connectivity index is 1.48. The number of aromatic nitrogens is 2. The summed E-state index contributed by atoms with van der Waals surface area (Å²) in [5.74, 6) is 0.936. The summed E-state index contributed by atoms with van der Waals surface area (Å²) in [5, 5.41) is 6.77. The molecule has 0 aliphatic carbocycles. The predicted molar refractivity (Wildman–Crippen MR) is 128 cm³/mol. The van der Waals surface area contributed by atoms with Gasteiger partial charge in [-0.1, -0.05) is 23.2 Å². The highest BCUT2D eigenvalue weighted by Gasteiger charge is 2.35. The number of hydrazone groups is 1. The van der Waals surface area contributed by atoms with Gasteiger partial charge in [-0.15, -0.1) is 0 Å². The summed E-state index contributed by atoms with van der Waals surface area (Å²) in [6.45, 7) is -0.261. The average molecular weight is 497 g/mol. The van der Waals surface area contributed by atoms with E-state index in [9.17, 15) is 9.59 Å². The molecular formula is C24H18Cl2N4O4. The van der Waals surface area contributed by atoms with Crippen LogP contribution in [0.1, 0.15) is 23.8 Å². The Morgan fingerprint density at radius 1 is 1.21 bits per heavy atom. The molecule has 1 unspecified atom stereocenters. The highest BCUT2D eigenvalue weighted by molar-refractivity contribution is 6.38. The number of nitrogens with zero attached hydrogens (tertiary/aromatic N) is 4. The number of ether oxygens (including phenoxy) is 1. The molecule has 0 saturated carbocycles. The number of carbonyl (C=O) groups is 1. The first-order valence-electron chi connectivity index (χ1n) is 10.4. The summed E-state index contributed by atoms with van der Waals surface area (Å²) < 4.78 is 12.0. The molecule has 0 spiro atoms. The lowest BCUT2D eigenvalue weighted by molar-refractivity contribution is -0.134. The third-order valence-corrected chi connectivity index (χ3v) is 6.12. The minimum atomic E-state index is -0.437. The maximum absolute atomic E-state index is 13.3. The van der Waals surface area contributed by atoms with Crippen LogP contribution < -0.4 is 10.3 Å². The minimum absolute atomic E-state index is 0.235. The van der Waals surface area contributed by atoms with E-state index in [2.05, 4.69) is 10.1 Å². The Morgan fingerprint density at radius 2 is 2.00 bits per heavy atom. The largest absolute Gasteiger partial charge is 0.497 e. The number of carbonyl (C=O) groups excluding carboxylic acids is 1. The summed E-state index contributed by atoms with van der Waals surface area (Å²) >= 11 is 12.2. The van der Waals surface area contributed by atoms with E-state index >= 15 is 0 Å². The van der Waals surface area contributed by atoms with Crippen LogP contribution in [0.5, 0.6) is 5.75 Å². The Kier molecular flexibility index (Phi) is 5.85. The number of benzene rings is 2. The van der Waals surface area contributed by atoms with Crippen molar-refractivity contribution in [1.29, 1.82) is 0 Å². The van der Waals surface area contributed by atoms with Crippen molar-refractivity contribution in [3.63, 3.8) is 0 Å². The lowest BCUT2D eigenvalue weighted by Crippen LogP contribution is -2.34. The number of rotatable bonds is 5. The van der Waals surface area contributed by atoms with Gasteiger partial charge in [0.25, 0.3) is 11.5 Å². The maximum Gasteiger partial charge on any atom is 0.263 e. The molecule has 0 bridgehead atoms. The van der Waals surface area contributed by atoms with Crippen LogP contribution in [0, 0.1) is 0 Å². The third-order valence-electron chi connectivity index (χ3n) is 5.61. The van der Waals surface area contributed by atoms with Crippen molar-refractivity contribution in [2.75, 3.05) is 7.11 Å². The molecule has 1 aliphatic heterocycles. The van der Waals surface area contributed by atoms with Crippen LogP contribution in [0.3, 0.4) is 0 Å². The molecular weight excluding hydrogens is 479 g/mol. The van der Waals surface area contributed by atoms with Crippen molar-refractivity contribution in [3.05, 3.63) is 92.8 Å². The lowest BCUT2D eigenvalue weighted by atomic mass is 10.0. The molecule has 3 heterocycles. The highest BCUT2D eigenvalue weighted by Crippen LogP contribution is 2.33. The fraction of sp³-hybridized carbons (Fsp3) is 0.167. The Morgan fingerprint density at radius 3 is 2.71 bits per heavy atom. The highest BCUT2D eigenvalue weighted by atomic mass is 35.5. The van der Waals surface area contributed by atoms with Gasteiger partial charge in [0, 0.05) is 11.4 Å². The normalized spacial score (nSPS) is 15.6. The molecule has 8 nitrogen and oxygen atoms in total. The van der Waals surface area contributed by atoms with E-state index in [-0.39, 0.29) is 22.9 Å². The SMILES string of the molecule is COc1ccc(C2=NN(C(=O)Cn3cnc4c(Cl)cc(Cl)cc4c3=O)C(c3ccco3)C2)cc1. The van der Waals surface area contributed by atoms with Gasteiger partial charge in [-0.2, -0.15) is 5.10 Å². The van der Waals surface area contributed by atoms with E-state index < -0.39 is 11.6 Å². The smallest absolute Gasteiger partial charge is 0.263 e. The fourth-order valence-corrected chi connectivity index (χ4v) is 4.47. The number of methoxy groups -OCH3 is 1. The second-order valence-corrected chi connectivity index (χ2v) is 8.55. The summed E-state index contributed by atoms with van der Waals surface area (Å²) in [6.07, 6.45) is 3.31. The molecule has 2 aromatic carbocycles. The molecule has 34 heavy (non-hydrogen) atoms. The Hall–Kier alpha value is -3.62. The van der Waals surface area contributed by atoms with Crippen molar-refractivity contribution in [3.8, 4) is 5.75 Å². The Bertz CT molecular complexity index is 1460. The second kappa shape index (κ2) is 8.96. The van der Waals surface area contributed by atoms with Crippen LogP contribution in [-0.2, 0) is 11.3 Å². The average Bonchev–Trinajstić information content (AvgIpc) is 3.51. The van der Waals surface area contributed by atoms with Gasteiger partial charge >= 0.3 is 0 Å². The number of hydrogen-bond donors (Lipinski definition) is 0. The maximum atomic E-state index is 13.3. The van der Waals surface area contributed by atoms with Crippen molar-refractivity contribution >= 4 is 45.7 Å². The van der Waals surface area contributed by atoms with Gasteiger partial charge in [-0.05, 0) is 54.1 Å². The van der Waals surface area contributed by atoms with Gasteiger partial charge in [0.2, 0.25) is 0 Å². The molecule has 0 fully saturated rings. The minimum Gasteiger partial charge on any atom is -0.497 e. The number of fused-ring (bicyclic) bond motifs is 1. The molecule has 1 atom stereocenters. The first-order chi connectivity index (χ1) is 16.4. The van der Waals surface area contributed by atoms with E-state index in [0.717, 1.165) is 17.0 Å². The van der Waals surface area contributed by atoms with Crippen LogP contribution in [0.4, 0.5) is 0 Å². The molecule has 172 valence electrons. The first kappa shape index (κ1) is 22.2. The number of amides is 1. The van der Waals surface area contributed by atoms with E-state index in [4.69, 9.17) is 32.4 Å². The molecule has 0 radical (unpaired) electrons. The van der Waals surface area contributed by atoms with Crippen LogP contribution in [-0.4, -0.2) is 33.3 Å². The van der Waals surface area contributed by atoms with Crippen LogP contribution in [0.15, 0.2) is 75.4 Å². The van der Waals surface area contributed by atoms with Gasteiger partial charge in [-0.3, -0.25) is 14.2 Å². The van der Waals surface area contributed by atoms with Crippen molar-refractivity contribution in [2.45, 2.75) is 19.0 Å². The summed E-state index contributed by atoms with van der Waals surface area (Å²) in [7, 11) is 1.60. The first-order valence-corrected chi connectivity index (χ1v) is 11.1. The fourth-order valence-electron chi connectivity index (χ4n) is 3.93. The van der Waals surface area contributed by atoms with Crippen LogP contribution in [0.2, 0.25) is 10.0 Å². The molecule has 10 heteroatoms. The van der Waals surface area contributed by atoms with Crippen LogP contribution in [0.25, 0.3) is 10.9 Å². The van der Waals surface area contributed by atoms with Gasteiger partial charge in [0.05, 0.1) is 41.3 Å². The second-order valence-electron chi connectivity index (χ2n) is 7.71. The third kappa shape index (κ3) is 4.06. The summed E-state index contributed by atoms with van der Waals surface area (Å²) in [6, 6.07) is 13.6. The number of halogens is 2. The van der Waals surface area contributed by atoms with Gasteiger partial charge in [-0.25, -0.2) is 9.99 Å². The Labute approximate surface area is 204 Å². The van der Waals surface area contributed by atoms with E-state index in [1.807, 2.05) is 24.3 Å². The zero-order valence-electron chi connectivity index (χ0n) is 17.9. The summed E-state index contributed by atoms with van der Waals surface area (Å²) in [5.41, 5.74) is 1.49. The van der Waals surface area contributed by atoms with Gasteiger partial charge in [0.1, 0.15) is 24.1 Å². The molecule has 0 saturated heterocycles. The van der Waals surface area contributed by atoms with E-state index in [1.165, 1.54) is 28.0 Å². The quantitative estimate of drug-likeness (QED) is 0.400. The van der Waals surface area contributed by atoms with E-state index in [1.54, 1.807) is 25.5 Å². The molecule has 2 aromatic heterocycles. The standard InChI is InChI=1S/C24H18Cl2N4O4/c1-33-16-6-4-14(5-7-16)19-11-20(21-3-2-8-34-21)30(28-19)22(31)12-29-13-27-23-17(24(29)32)9-15(25)10-18(23)26/h2-10,13,20H,11-12H2,1H3. The molecule has 4 aromatic rings. The molecule has 5 rings (SSSR count). The topological polar surface area (TPSA) is 89.9 Å². The van der Waals surface area contributed by atoms with Crippen molar-refractivity contribution < 1.29 is 13.9 Å². The zero-order chi connectivity index (χ0) is 23.8. The van der Waals surface area contributed by atoms with Crippen LogP contribution >= 0.6 is 23.2 Å². The molecule has 0 N–H and O–H groups in total. The zero-order valence-corrected chi connectivity index (χ0v) is 19.5. The predicted octanol–water partition coefficient (Wildman–Crippen LogP) is 4.68. The molecule has 1 amide bonds.